The van der Waals surface area contributed by atoms with Gasteiger partial charge in [0, 0.05) is 6.04 Å². The summed E-state index contributed by atoms with van der Waals surface area (Å²) in [4.78, 5) is 60.3. The number of carbonyl (C=O) groups excluding carboxylic acids is 2. The molecule has 0 fully saturated rings. The molecule has 0 saturated carbocycles. The number of rotatable bonds is 7. The topological polar surface area (TPSA) is 124 Å². The Morgan fingerprint density at radius 3 is 1.80 bits per heavy atom. The van der Waals surface area contributed by atoms with Crippen LogP contribution in [0.5, 0.6) is 0 Å². The predicted octanol–water partition coefficient (Wildman–Crippen LogP) is -1.22. The Kier molecular flexibility index (Phi) is 6.85. The third-order valence-corrected chi connectivity index (χ3v) is 2.98. The molecule has 10 nitrogen and oxygen atoms in total. The van der Waals surface area contributed by atoms with Gasteiger partial charge >= 0.3 is 23.1 Å². The lowest BCUT2D eigenvalue weighted by Gasteiger charge is -2.12. The highest BCUT2D eigenvalue weighted by molar-refractivity contribution is 5.94. The molecule has 2 N–H and O–H groups in total. The normalized spacial score (nSPS) is 10.4. The van der Waals surface area contributed by atoms with Crippen LogP contribution in [-0.4, -0.2) is 31.7 Å². The highest BCUT2D eigenvalue weighted by Gasteiger charge is 2.17. The van der Waals surface area contributed by atoms with Crippen molar-refractivity contribution in [1.29, 1.82) is 0 Å². The molecule has 1 aromatic heterocycles. The molecule has 0 aromatic carbocycles. The molecule has 0 radical (unpaired) electrons. The van der Waals surface area contributed by atoms with Gasteiger partial charge in [-0.1, -0.05) is 12.2 Å². The summed E-state index contributed by atoms with van der Waals surface area (Å²) in [5.74, 6) is -0.869. The van der Waals surface area contributed by atoms with Crippen LogP contribution >= 0.6 is 0 Å². The van der Waals surface area contributed by atoms with Gasteiger partial charge in [-0.2, -0.15) is 0 Å². The zero-order chi connectivity index (χ0) is 19.1. The third-order valence-electron chi connectivity index (χ3n) is 2.98. The number of carbonyl (C=O) groups is 2. The summed E-state index contributed by atoms with van der Waals surface area (Å²) in [6, 6.07) is -0.950. The molecule has 0 spiro atoms. The molecular weight excluding hydrogens is 330 g/mol. The quantitative estimate of drug-likeness (QED) is 0.596. The van der Waals surface area contributed by atoms with Crippen LogP contribution in [0.2, 0.25) is 0 Å². The van der Waals surface area contributed by atoms with Gasteiger partial charge in [0.1, 0.15) is 6.54 Å². The maximum Gasteiger partial charge on any atom is 0.337 e. The summed E-state index contributed by atoms with van der Waals surface area (Å²) in [5, 5.41) is 4.44. The fourth-order valence-electron chi connectivity index (χ4n) is 2.00. The van der Waals surface area contributed by atoms with Gasteiger partial charge in [-0.15, -0.1) is 13.2 Å². The van der Waals surface area contributed by atoms with Gasteiger partial charge in [0.25, 0.3) is 0 Å². The van der Waals surface area contributed by atoms with Gasteiger partial charge in [0.15, 0.2) is 0 Å². The van der Waals surface area contributed by atoms with Gasteiger partial charge in [-0.25, -0.2) is 32.9 Å². The van der Waals surface area contributed by atoms with E-state index in [1.165, 1.54) is 12.2 Å². The number of imide groups is 1. The van der Waals surface area contributed by atoms with Crippen molar-refractivity contribution in [3.63, 3.8) is 0 Å². The van der Waals surface area contributed by atoms with Crippen molar-refractivity contribution in [3.05, 3.63) is 56.8 Å². The van der Waals surface area contributed by atoms with Gasteiger partial charge in [0.2, 0.25) is 5.91 Å². The standard InChI is InChI=1S/C15H21N5O5/c1-5-7-18-13(23)19(8-6-2)15(25)20(14(18)24)9-11(21)17-12(22)16-10(3)4/h5-6,10H,1-2,7-9H2,3-4H3,(H2,16,17,21,22). The maximum atomic E-state index is 12.3. The first-order chi connectivity index (χ1) is 11.7. The van der Waals surface area contributed by atoms with Crippen LogP contribution in [0.3, 0.4) is 0 Å². The second-order valence-electron chi connectivity index (χ2n) is 5.41. The van der Waals surface area contributed by atoms with Gasteiger partial charge in [-0.05, 0) is 13.8 Å². The number of nitrogens with zero attached hydrogens (tertiary/aromatic N) is 3. The molecule has 0 saturated heterocycles. The molecule has 25 heavy (non-hydrogen) atoms. The predicted molar refractivity (Wildman–Crippen MR) is 91.4 cm³/mol. The summed E-state index contributed by atoms with van der Waals surface area (Å²) >= 11 is 0. The van der Waals surface area contributed by atoms with Crippen molar-refractivity contribution in [2.24, 2.45) is 0 Å². The minimum absolute atomic E-state index is 0.134. The van der Waals surface area contributed by atoms with E-state index in [9.17, 15) is 24.0 Å². The molecule has 136 valence electrons. The zero-order valence-electron chi connectivity index (χ0n) is 14.2. The van der Waals surface area contributed by atoms with E-state index in [1.54, 1.807) is 13.8 Å². The molecule has 0 aliphatic carbocycles. The lowest BCUT2D eigenvalue weighted by Crippen LogP contribution is -2.56. The Morgan fingerprint density at radius 2 is 1.40 bits per heavy atom. The molecule has 1 rings (SSSR count). The minimum Gasteiger partial charge on any atom is -0.336 e. The SMILES string of the molecule is C=CCn1c(=O)n(CC=C)c(=O)n(CC(=O)NC(=O)NC(C)C)c1=O. The summed E-state index contributed by atoms with van der Waals surface area (Å²) in [6.45, 7) is 9.32. The van der Waals surface area contributed by atoms with Crippen molar-refractivity contribution >= 4 is 11.9 Å². The number of allylic oxidation sites excluding steroid dienone is 2. The Balaban J connectivity index is 3.28. The van der Waals surface area contributed by atoms with E-state index in [4.69, 9.17) is 0 Å². The first-order valence-corrected chi connectivity index (χ1v) is 7.49. The Hall–Kier alpha value is -3.17. The van der Waals surface area contributed by atoms with Crippen LogP contribution in [-0.2, 0) is 24.4 Å². The molecule has 0 aliphatic heterocycles. The summed E-state index contributed by atoms with van der Waals surface area (Å²) in [7, 11) is 0. The van der Waals surface area contributed by atoms with Crippen molar-refractivity contribution in [1.82, 2.24) is 24.3 Å². The van der Waals surface area contributed by atoms with Crippen LogP contribution in [0, 0.1) is 0 Å². The fraction of sp³-hybridized carbons (Fsp3) is 0.400. The first-order valence-electron chi connectivity index (χ1n) is 7.49. The Bertz CT molecular complexity index is 810. The second-order valence-corrected chi connectivity index (χ2v) is 5.41. The minimum atomic E-state index is -0.963. The molecule has 1 aromatic rings. The van der Waals surface area contributed by atoms with Crippen LogP contribution in [0.25, 0.3) is 0 Å². The molecule has 0 bridgehead atoms. The average molecular weight is 351 g/mol. The number of hydrogen-bond acceptors (Lipinski definition) is 5. The lowest BCUT2D eigenvalue weighted by atomic mass is 10.4. The summed E-state index contributed by atoms with van der Waals surface area (Å²) in [6.07, 6.45) is 2.62. The largest absolute Gasteiger partial charge is 0.337 e. The molecule has 3 amide bonds. The summed E-state index contributed by atoms with van der Waals surface area (Å²) in [5.41, 5.74) is -2.76. The van der Waals surface area contributed by atoms with E-state index < -0.39 is 35.6 Å². The molecule has 0 atom stereocenters. The van der Waals surface area contributed by atoms with Crippen LogP contribution in [0.1, 0.15) is 13.8 Å². The summed E-state index contributed by atoms with van der Waals surface area (Å²) < 4.78 is 2.10. The van der Waals surface area contributed by atoms with Gasteiger partial charge in [-0.3, -0.25) is 10.1 Å². The van der Waals surface area contributed by atoms with Crippen molar-refractivity contribution in [3.8, 4) is 0 Å². The van der Waals surface area contributed by atoms with E-state index >= 15 is 0 Å². The van der Waals surface area contributed by atoms with Gasteiger partial charge < -0.3 is 5.32 Å². The molecule has 0 aliphatic rings. The maximum absolute atomic E-state index is 12.3. The number of nitrogens with one attached hydrogen (secondary N) is 2. The van der Waals surface area contributed by atoms with E-state index in [-0.39, 0.29) is 19.1 Å². The Labute approximate surface area is 143 Å². The molecular formula is C15H21N5O5. The second kappa shape index (κ2) is 8.62. The highest BCUT2D eigenvalue weighted by atomic mass is 16.2. The van der Waals surface area contributed by atoms with Crippen molar-refractivity contribution in [2.75, 3.05) is 0 Å². The van der Waals surface area contributed by atoms with E-state index in [2.05, 4.69) is 18.5 Å². The number of urea groups is 1. The molecule has 10 heteroatoms. The van der Waals surface area contributed by atoms with Crippen LogP contribution < -0.4 is 27.7 Å². The molecule has 1 heterocycles. The molecule has 0 unspecified atom stereocenters. The first kappa shape index (κ1) is 19.9. The number of hydrogen-bond donors (Lipinski definition) is 2. The van der Waals surface area contributed by atoms with Crippen LogP contribution in [0.15, 0.2) is 39.7 Å². The van der Waals surface area contributed by atoms with Crippen LogP contribution in [0.4, 0.5) is 4.79 Å². The monoisotopic (exact) mass is 351 g/mol. The number of aromatic nitrogens is 3. The third kappa shape index (κ3) is 4.90. The van der Waals surface area contributed by atoms with E-state index in [1.807, 2.05) is 5.32 Å². The van der Waals surface area contributed by atoms with E-state index in [0.29, 0.717) is 4.57 Å². The lowest BCUT2D eigenvalue weighted by molar-refractivity contribution is -0.120. The zero-order valence-corrected chi connectivity index (χ0v) is 14.2. The van der Waals surface area contributed by atoms with Gasteiger partial charge in [0.05, 0.1) is 13.1 Å². The fourth-order valence-corrected chi connectivity index (χ4v) is 2.00. The smallest absolute Gasteiger partial charge is 0.336 e. The number of amides is 3. The van der Waals surface area contributed by atoms with E-state index in [0.717, 1.165) is 9.13 Å². The average Bonchev–Trinajstić information content (AvgIpc) is 2.51. The van der Waals surface area contributed by atoms with Crippen molar-refractivity contribution in [2.45, 2.75) is 39.5 Å². The highest BCUT2D eigenvalue weighted by Crippen LogP contribution is 1.82. The Morgan fingerprint density at radius 1 is 0.960 bits per heavy atom. The van der Waals surface area contributed by atoms with Crippen molar-refractivity contribution < 1.29 is 9.59 Å².